The molecular formula is C29H30N2O7S. The highest BCUT2D eigenvalue weighted by atomic mass is 32.1. The predicted molar refractivity (Wildman–Crippen MR) is 147 cm³/mol. The molecule has 10 heteroatoms. The number of benzene rings is 2. The van der Waals surface area contributed by atoms with Gasteiger partial charge in [0, 0.05) is 6.92 Å². The first-order chi connectivity index (χ1) is 18.6. The quantitative estimate of drug-likeness (QED) is 0.313. The van der Waals surface area contributed by atoms with E-state index in [1.807, 2.05) is 38.1 Å². The van der Waals surface area contributed by atoms with Crippen LogP contribution in [0.2, 0.25) is 0 Å². The number of methoxy groups -OCH3 is 2. The number of fused-ring (bicyclic) bond motifs is 1. The first-order valence-corrected chi connectivity index (χ1v) is 13.1. The number of rotatable bonds is 8. The molecular weight excluding hydrogens is 520 g/mol. The van der Waals surface area contributed by atoms with Crippen LogP contribution in [0.25, 0.3) is 6.08 Å². The van der Waals surface area contributed by atoms with Crippen LogP contribution in [0.15, 0.2) is 63.5 Å². The Hall–Kier alpha value is -4.18. The normalized spacial score (nSPS) is 15.1. The minimum atomic E-state index is -0.839. The first kappa shape index (κ1) is 27.8. The Labute approximate surface area is 229 Å². The molecule has 2 aromatic carbocycles. The molecule has 204 valence electrons. The number of carbonyl (C=O) groups is 2. The Balaban J connectivity index is 1.92. The molecule has 39 heavy (non-hydrogen) atoms. The number of aromatic nitrogens is 1. The minimum Gasteiger partial charge on any atom is -0.497 e. The molecule has 0 saturated carbocycles. The third kappa shape index (κ3) is 5.96. The van der Waals surface area contributed by atoms with E-state index < -0.39 is 18.0 Å². The summed E-state index contributed by atoms with van der Waals surface area (Å²) in [6, 6.07) is 11.4. The van der Waals surface area contributed by atoms with Gasteiger partial charge in [-0.3, -0.25) is 14.2 Å². The van der Waals surface area contributed by atoms with E-state index in [-0.39, 0.29) is 35.2 Å². The highest BCUT2D eigenvalue weighted by Crippen LogP contribution is 2.36. The maximum Gasteiger partial charge on any atom is 0.338 e. The number of carbonyl (C=O) groups excluding carboxylic acids is 2. The third-order valence-corrected chi connectivity index (χ3v) is 6.92. The summed E-state index contributed by atoms with van der Waals surface area (Å²) in [6.45, 7) is 7.12. The van der Waals surface area contributed by atoms with Crippen molar-refractivity contribution in [3.8, 4) is 17.2 Å². The molecule has 0 saturated heterocycles. The predicted octanol–water partition coefficient (Wildman–Crippen LogP) is 3.38. The summed E-state index contributed by atoms with van der Waals surface area (Å²) in [4.78, 5) is 43.9. The number of ether oxygens (including phenoxy) is 4. The number of hydrogen-bond acceptors (Lipinski definition) is 9. The number of allylic oxidation sites excluding steroid dienone is 1. The van der Waals surface area contributed by atoms with Crippen LogP contribution in [0.5, 0.6) is 17.2 Å². The van der Waals surface area contributed by atoms with Crippen LogP contribution >= 0.6 is 11.3 Å². The Kier molecular flexibility index (Phi) is 8.35. The molecule has 0 amide bonds. The van der Waals surface area contributed by atoms with E-state index in [0.717, 1.165) is 5.56 Å². The van der Waals surface area contributed by atoms with Crippen molar-refractivity contribution in [1.82, 2.24) is 4.57 Å². The molecule has 1 aliphatic heterocycles. The molecule has 1 aliphatic rings. The average Bonchev–Trinajstić information content (AvgIpc) is 3.20. The third-order valence-electron chi connectivity index (χ3n) is 5.94. The molecule has 2 heterocycles. The SMILES string of the molecule is COc1cccc(C=c2sc3n(c2=O)C(c2ccc(OC(C)=O)c(OC)c2)C(C(=O)OCC(C)C)=C(C)N=3)c1. The van der Waals surface area contributed by atoms with E-state index in [1.165, 1.54) is 29.9 Å². The molecule has 0 aliphatic carbocycles. The second-order valence-corrected chi connectivity index (χ2v) is 10.4. The summed E-state index contributed by atoms with van der Waals surface area (Å²) in [5.41, 5.74) is 1.75. The maximum atomic E-state index is 13.8. The van der Waals surface area contributed by atoms with Gasteiger partial charge in [0.15, 0.2) is 16.3 Å². The van der Waals surface area contributed by atoms with Crippen LogP contribution in [0, 0.1) is 5.92 Å². The molecule has 4 rings (SSSR count). The maximum absolute atomic E-state index is 13.8. The number of thiazole rings is 1. The van der Waals surface area contributed by atoms with Gasteiger partial charge in [-0.2, -0.15) is 0 Å². The molecule has 1 atom stereocenters. The van der Waals surface area contributed by atoms with Gasteiger partial charge in [-0.05, 0) is 54.3 Å². The van der Waals surface area contributed by atoms with Crippen LogP contribution in [0.3, 0.4) is 0 Å². The van der Waals surface area contributed by atoms with E-state index >= 15 is 0 Å². The van der Waals surface area contributed by atoms with Gasteiger partial charge in [0.1, 0.15) is 5.75 Å². The fourth-order valence-electron chi connectivity index (χ4n) is 4.19. The summed E-state index contributed by atoms with van der Waals surface area (Å²) in [5, 5.41) is 0. The minimum absolute atomic E-state index is 0.125. The zero-order chi connectivity index (χ0) is 28.3. The van der Waals surface area contributed by atoms with E-state index in [1.54, 1.807) is 38.3 Å². The summed E-state index contributed by atoms with van der Waals surface area (Å²) in [5.74, 6) is 0.246. The summed E-state index contributed by atoms with van der Waals surface area (Å²) in [7, 11) is 3.03. The first-order valence-electron chi connectivity index (χ1n) is 12.3. The summed E-state index contributed by atoms with van der Waals surface area (Å²) >= 11 is 1.23. The van der Waals surface area contributed by atoms with Gasteiger partial charge in [0.05, 0.1) is 42.7 Å². The Morgan fingerprint density at radius 1 is 1.10 bits per heavy atom. The van der Waals surface area contributed by atoms with Gasteiger partial charge >= 0.3 is 11.9 Å². The van der Waals surface area contributed by atoms with E-state index in [4.69, 9.17) is 18.9 Å². The molecule has 0 radical (unpaired) electrons. The second kappa shape index (κ2) is 11.7. The van der Waals surface area contributed by atoms with Gasteiger partial charge in [-0.1, -0.05) is 43.4 Å². The molecule has 1 unspecified atom stereocenters. The van der Waals surface area contributed by atoms with Crippen molar-refractivity contribution < 1.29 is 28.5 Å². The molecule has 0 N–H and O–H groups in total. The Bertz CT molecular complexity index is 1630. The van der Waals surface area contributed by atoms with Gasteiger partial charge in [0.25, 0.3) is 5.56 Å². The topological polar surface area (TPSA) is 105 Å². The van der Waals surface area contributed by atoms with Crippen molar-refractivity contribution in [3.63, 3.8) is 0 Å². The largest absolute Gasteiger partial charge is 0.497 e. The summed E-state index contributed by atoms with van der Waals surface area (Å²) in [6.07, 6.45) is 1.77. The second-order valence-electron chi connectivity index (χ2n) is 9.35. The fourth-order valence-corrected chi connectivity index (χ4v) is 5.24. The number of hydrogen-bond donors (Lipinski definition) is 0. The van der Waals surface area contributed by atoms with Gasteiger partial charge in [0.2, 0.25) is 0 Å². The molecule has 3 aromatic rings. The van der Waals surface area contributed by atoms with Crippen molar-refractivity contribution in [2.24, 2.45) is 10.9 Å². The molecule has 0 bridgehead atoms. The van der Waals surface area contributed by atoms with Crippen molar-refractivity contribution >= 4 is 29.4 Å². The number of esters is 2. The van der Waals surface area contributed by atoms with Crippen molar-refractivity contribution in [3.05, 3.63) is 84.5 Å². The number of nitrogens with zero attached hydrogens (tertiary/aromatic N) is 2. The van der Waals surface area contributed by atoms with Crippen LogP contribution in [-0.2, 0) is 14.3 Å². The average molecular weight is 551 g/mol. The van der Waals surface area contributed by atoms with E-state index in [0.29, 0.717) is 26.3 Å². The van der Waals surface area contributed by atoms with Crippen molar-refractivity contribution in [2.45, 2.75) is 33.7 Å². The van der Waals surface area contributed by atoms with E-state index in [2.05, 4.69) is 4.99 Å². The lowest BCUT2D eigenvalue weighted by Crippen LogP contribution is -2.40. The molecule has 1 aromatic heterocycles. The van der Waals surface area contributed by atoms with Gasteiger partial charge in [-0.15, -0.1) is 0 Å². The summed E-state index contributed by atoms with van der Waals surface area (Å²) < 4.78 is 23.6. The van der Waals surface area contributed by atoms with Crippen LogP contribution < -0.4 is 29.1 Å². The molecule has 0 spiro atoms. The Morgan fingerprint density at radius 2 is 1.87 bits per heavy atom. The highest BCUT2D eigenvalue weighted by molar-refractivity contribution is 7.07. The lowest BCUT2D eigenvalue weighted by molar-refractivity contribution is -0.140. The lowest BCUT2D eigenvalue weighted by Gasteiger charge is -2.25. The monoisotopic (exact) mass is 550 g/mol. The van der Waals surface area contributed by atoms with Gasteiger partial charge in [-0.25, -0.2) is 9.79 Å². The zero-order valence-corrected chi connectivity index (χ0v) is 23.5. The highest BCUT2D eigenvalue weighted by Gasteiger charge is 2.34. The van der Waals surface area contributed by atoms with Crippen molar-refractivity contribution in [1.29, 1.82) is 0 Å². The smallest absolute Gasteiger partial charge is 0.338 e. The van der Waals surface area contributed by atoms with Crippen molar-refractivity contribution in [2.75, 3.05) is 20.8 Å². The molecule has 0 fully saturated rings. The lowest BCUT2D eigenvalue weighted by atomic mass is 9.95. The Morgan fingerprint density at radius 3 is 2.54 bits per heavy atom. The van der Waals surface area contributed by atoms with Crippen LogP contribution in [0.1, 0.15) is 44.9 Å². The van der Waals surface area contributed by atoms with Crippen LogP contribution in [0.4, 0.5) is 0 Å². The zero-order valence-electron chi connectivity index (χ0n) is 22.6. The van der Waals surface area contributed by atoms with E-state index in [9.17, 15) is 14.4 Å². The van der Waals surface area contributed by atoms with Gasteiger partial charge < -0.3 is 18.9 Å². The molecule has 9 nitrogen and oxygen atoms in total. The standard InChI is InChI=1S/C29H30N2O7S/c1-16(2)15-37-28(34)25-17(3)30-29-31(26(25)20-10-11-22(38-18(4)32)23(14-20)36-6)27(33)24(39-29)13-19-8-7-9-21(12-19)35-5/h7-14,16,26H,15H2,1-6H3. The van der Waals surface area contributed by atoms with Crippen LogP contribution in [-0.4, -0.2) is 37.3 Å². The fraction of sp³-hybridized carbons (Fsp3) is 0.310.